The van der Waals surface area contributed by atoms with Gasteiger partial charge in [-0.15, -0.1) is 8.67 Å². The number of hydrogen-bond donors (Lipinski definition) is 0. The molecule has 0 amide bonds. The summed E-state index contributed by atoms with van der Waals surface area (Å²) in [5.41, 5.74) is 0. The lowest BCUT2D eigenvalue weighted by molar-refractivity contribution is -0.671. The number of nitrogens with zero attached hydrogens (tertiary/aromatic N) is 4. The van der Waals surface area contributed by atoms with Gasteiger partial charge >= 0.3 is 0 Å². The van der Waals surface area contributed by atoms with Crippen molar-refractivity contribution in [1.29, 1.82) is 0 Å². The van der Waals surface area contributed by atoms with E-state index in [0.717, 1.165) is 0 Å². The maximum absolute atomic E-state index is 9.37. The summed E-state index contributed by atoms with van der Waals surface area (Å²) < 4.78 is 70.2. The predicted molar refractivity (Wildman–Crippen MR) is 140 cm³/mol. The van der Waals surface area contributed by atoms with Crippen LogP contribution in [0.3, 0.4) is 0 Å². The van der Waals surface area contributed by atoms with Crippen molar-refractivity contribution >= 4 is 20.8 Å². The van der Waals surface area contributed by atoms with Gasteiger partial charge < -0.3 is 9.11 Å². The Morgan fingerprint density at radius 2 is 0.921 bits per heavy atom. The van der Waals surface area contributed by atoms with Crippen LogP contribution in [-0.2, 0) is 56.7 Å². The molecule has 2 rings (SSSR count). The highest BCUT2D eigenvalue weighted by atomic mass is 32.3. The maximum Gasteiger partial charge on any atom is 0.246 e. The molecule has 222 valence electrons. The van der Waals surface area contributed by atoms with Crippen LogP contribution < -0.4 is 9.13 Å². The Bertz CT molecular complexity index is 969. The fraction of sp³-hybridized carbons (Fsp3) is 0.750. The van der Waals surface area contributed by atoms with Crippen LogP contribution in [0.5, 0.6) is 0 Å². The van der Waals surface area contributed by atoms with Gasteiger partial charge in [0.05, 0.1) is 27.2 Å². The summed E-state index contributed by atoms with van der Waals surface area (Å²) >= 11 is 0. The van der Waals surface area contributed by atoms with Crippen molar-refractivity contribution in [2.45, 2.75) is 104 Å². The van der Waals surface area contributed by atoms with Crippen molar-refractivity contribution in [3.63, 3.8) is 0 Å². The smallest absolute Gasteiger partial charge is 0.246 e. The molecule has 0 fully saturated rings. The van der Waals surface area contributed by atoms with Crippen molar-refractivity contribution in [2.75, 3.05) is 0 Å². The third-order valence-electron chi connectivity index (χ3n) is 5.38. The Hall–Kier alpha value is -1.84. The zero-order valence-electron chi connectivity index (χ0n) is 23.2. The van der Waals surface area contributed by atoms with Gasteiger partial charge in [-0.1, -0.05) is 65.2 Å². The van der Waals surface area contributed by atoms with Crippen LogP contribution in [-0.4, -0.2) is 35.1 Å². The number of aryl methyl sites for hydroxylation is 4. The van der Waals surface area contributed by atoms with E-state index in [1.807, 2.05) is 0 Å². The summed E-state index contributed by atoms with van der Waals surface area (Å²) in [6, 6.07) is 0. The van der Waals surface area contributed by atoms with Crippen LogP contribution in [0, 0.1) is 0 Å². The highest BCUT2D eigenvalue weighted by molar-refractivity contribution is 7.83. The fourth-order valence-corrected chi connectivity index (χ4v) is 4.03. The molecule has 2 heterocycles. The first kappa shape index (κ1) is 36.2. The number of hydrogen-bond acceptors (Lipinski definition) is 8. The number of unbranched alkanes of at least 4 members (excludes halogenated alkanes) is 10. The molecule has 0 N–H and O–H groups in total. The molecule has 14 heteroatoms. The minimum Gasteiger partial charge on any atom is -0.724 e. The summed E-state index contributed by atoms with van der Waals surface area (Å²) in [5.74, 6) is 0. The third-order valence-corrected chi connectivity index (χ3v) is 5.94. The molecule has 0 aliphatic rings. The van der Waals surface area contributed by atoms with Crippen LogP contribution in [0.2, 0.25) is 0 Å². The van der Waals surface area contributed by atoms with E-state index in [0.29, 0.717) is 0 Å². The largest absolute Gasteiger partial charge is 0.724 e. The second-order valence-corrected chi connectivity index (χ2v) is 11.0. The zero-order valence-corrected chi connectivity index (χ0v) is 24.9. The fourth-order valence-electron chi connectivity index (χ4n) is 3.49. The normalized spacial score (nSPS) is 11.4. The SMILES string of the molecule is CCCCCCCCn1cc[n+](C)c1.CCCCCCCCn1cc[n+](C)c1.O=S(=O)([O-])OOS(=O)(=O)[O-]. The highest BCUT2D eigenvalue weighted by Gasteiger charge is 2.01. The molecule has 38 heavy (non-hydrogen) atoms. The Balaban J connectivity index is 0.000000551. The zero-order chi connectivity index (χ0) is 28.9. The molecule has 0 bridgehead atoms. The van der Waals surface area contributed by atoms with Crippen LogP contribution >= 0.6 is 0 Å². The van der Waals surface area contributed by atoms with Crippen molar-refractivity contribution in [1.82, 2.24) is 9.13 Å². The van der Waals surface area contributed by atoms with E-state index in [2.05, 4.69) is 92.3 Å². The summed E-state index contributed by atoms with van der Waals surface area (Å²) in [6.07, 6.45) is 29.3. The molecular formula is C24H46N4O8S2. The molecule has 2 aromatic rings. The van der Waals surface area contributed by atoms with Crippen LogP contribution in [0.25, 0.3) is 0 Å². The average Bonchev–Trinajstić information content (AvgIpc) is 3.44. The second kappa shape index (κ2) is 21.0. The van der Waals surface area contributed by atoms with Gasteiger partial charge in [-0.25, -0.2) is 35.1 Å². The lowest BCUT2D eigenvalue weighted by Gasteiger charge is -2.07. The molecule has 0 unspecified atom stereocenters. The summed E-state index contributed by atoms with van der Waals surface area (Å²) in [7, 11) is -6.48. The number of aromatic nitrogens is 4. The monoisotopic (exact) mass is 582 g/mol. The quantitative estimate of drug-likeness (QED) is 0.0689. The van der Waals surface area contributed by atoms with Crippen LogP contribution in [0.1, 0.15) is 90.9 Å². The van der Waals surface area contributed by atoms with Crippen molar-refractivity contribution in [2.24, 2.45) is 14.1 Å². The van der Waals surface area contributed by atoms with E-state index < -0.39 is 20.8 Å². The molecule has 0 saturated carbocycles. The van der Waals surface area contributed by atoms with E-state index in [1.54, 1.807) is 0 Å². The van der Waals surface area contributed by atoms with Gasteiger partial charge in [0.1, 0.15) is 24.8 Å². The molecule has 2 aromatic heterocycles. The molecular weight excluding hydrogens is 536 g/mol. The maximum atomic E-state index is 9.37. The lowest BCUT2D eigenvalue weighted by atomic mass is 10.1. The Labute approximate surface area is 229 Å². The first-order chi connectivity index (χ1) is 17.9. The van der Waals surface area contributed by atoms with E-state index in [1.165, 1.54) is 90.1 Å². The number of rotatable bonds is 17. The van der Waals surface area contributed by atoms with Gasteiger partial charge in [-0.3, -0.25) is 0 Å². The van der Waals surface area contributed by atoms with E-state index >= 15 is 0 Å². The molecule has 12 nitrogen and oxygen atoms in total. The molecule has 0 spiro atoms. The van der Waals surface area contributed by atoms with E-state index in [-0.39, 0.29) is 0 Å². The third kappa shape index (κ3) is 24.5. The van der Waals surface area contributed by atoms with E-state index in [4.69, 9.17) is 0 Å². The van der Waals surface area contributed by atoms with Gasteiger partial charge in [0.2, 0.25) is 33.5 Å². The van der Waals surface area contributed by atoms with Gasteiger partial charge in [0.15, 0.2) is 0 Å². The van der Waals surface area contributed by atoms with Gasteiger partial charge in [-0.05, 0) is 25.7 Å². The topological polar surface area (TPSA) is 150 Å². The first-order valence-electron chi connectivity index (χ1n) is 13.2. The highest BCUT2D eigenvalue weighted by Crippen LogP contribution is 2.06. The standard InChI is InChI=1S/2C12H23N2.H2O8S2/c2*1-3-4-5-6-7-8-9-14-11-10-13(2)12-14;1-9(2,3)7-8-10(4,5)6/h2*10-12H,3-9H2,1-2H3;(H,1,2,3)(H,4,5,6)/q2*+1;/p-2. The van der Waals surface area contributed by atoms with Crippen molar-refractivity contribution < 1.29 is 43.7 Å². The van der Waals surface area contributed by atoms with E-state index in [9.17, 15) is 25.9 Å². The van der Waals surface area contributed by atoms with Crippen LogP contribution in [0.4, 0.5) is 0 Å². The molecule has 0 atom stereocenters. The first-order valence-corrected chi connectivity index (χ1v) is 15.8. The second-order valence-electron chi connectivity index (χ2n) is 9.12. The Kier molecular flexibility index (Phi) is 20.0. The predicted octanol–water partition coefficient (Wildman–Crippen LogP) is 3.20. The molecule has 0 aromatic carbocycles. The van der Waals surface area contributed by atoms with Crippen LogP contribution in [0.15, 0.2) is 37.4 Å². The minimum atomic E-state index is -5.31. The van der Waals surface area contributed by atoms with Gasteiger partial charge in [0.25, 0.3) is 0 Å². The Morgan fingerprint density at radius 1 is 0.605 bits per heavy atom. The summed E-state index contributed by atoms with van der Waals surface area (Å²) in [5, 5.41) is 0. The molecule has 0 aliphatic carbocycles. The van der Waals surface area contributed by atoms with Crippen molar-refractivity contribution in [3.8, 4) is 0 Å². The van der Waals surface area contributed by atoms with Gasteiger partial charge in [-0.2, -0.15) is 0 Å². The molecule has 0 radical (unpaired) electrons. The minimum absolute atomic E-state index is 1.17. The molecule has 0 aliphatic heterocycles. The van der Waals surface area contributed by atoms with Crippen molar-refractivity contribution in [3.05, 3.63) is 37.4 Å². The summed E-state index contributed by atoms with van der Waals surface area (Å²) in [6.45, 7) is 6.87. The number of imidazole rings is 2. The summed E-state index contributed by atoms with van der Waals surface area (Å²) in [4.78, 5) is 0. The van der Waals surface area contributed by atoms with Gasteiger partial charge in [0, 0.05) is 0 Å². The Morgan fingerprint density at radius 3 is 1.18 bits per heavy atom. The average molecular weight is 583 g/mol. The lowest BCUT2D eigenvalue weighted by Crippen LogP contribution is -2.23. The molecule has 0 saturated heterocycles.